The summed E-state index contributed by atoms with van der Waals surface area (Å²) in [4.78, 5) is 30.4. The van der Waals surface area contributed by atoms with Gasteiger partial charge in [-0.05, 0) is 71.8 Å². The van der Waals surface area contributed by atoms with E-state index in [0.29, 0.717) is 38.9 Å². The number of hydrogen-bond donors (Lipinski definition) is 4. The van der Waals surface area contributed by atoms with Crippen LogP contribution in [0.2, 0.25) is 0 Å². The number of carbonyl (C=O) groups excluding carboxylic acids is 1. The van der Waals surface area contributed by atoms with Crippen molar-refractivity contribution < 1.29 is 34.1 Å². The molecule has 0 spiro atoms. The molecule has 0 saturated heterocycles. The van der Waals surface area contributed by atoms with Gasteiger partial charge in [-0.25, -0.2) is 9.97 Å². The van der Waals surface area contributed by atoms with E-state index >= 15 is 0 Å². The van der Waals surface area contributed by atoms with Crippen molar-refractivity contribution in [1.82, 2.24) is 19.1 Å². The molecule has 0 fully saturated rings. The topological polar surface area (TPSA) is 175 Å². The molecule has 0 unspecified atom stereocenters. The van der Waals surface area contributed by atoms with Crippen molar-refractivity contribution in [3.63, 3.8) is 0 Å². The summed E-state index contributed by atoms with van der Waals surface area (Å²) < 4.78 is 14.4. The van der Waals surface area contributed by atoms with Crippen LogP contribution in [0.5, 0.6) is 0 Å². The lowest BCUT2D eigenvalue weighted by Crippen LogP contribution is -2.31. The highest BCUT2D eigenvalue weighted by molar-refractivity contribution is 6.62. The Kier molecular flexibility index (Phi) is 14.4. The number of carbonyl (C=O) groups is 2. The lowest BCUT2D eigenvalue weighted by molar-refractivity contribution is -0.137. The standard InChI is InChI=1S/C17H21BN2O3.C10H11BO4.C6H11N3/c21-16(6-1-2-10-20-11-9-19-13-20)8-7-14-4-3-5-15-12-23-18(22)17(14)15;12-9(13)5-4-7-2-1-3-8-6-15-11(14)10(7)8;7-2-1-4-9-5-3-8-6-9/h3-5,9,11,13,22H,1-2,6-8,10,12H2;1-3,14H,4-6H2,(H,12,13);3,5-6H,1-2,4,7H2. The van der Waals surface area contributed by atoms with Gasteiger partial charge in [0.25, 0.3) is 0 Å². The van der Waals surface area contributed by atoms with E-state index in [9.17, 15) is 19.6 Å². The van der Waals surface area contributed by atoms with Gasteiger partial charge >= 0.3 is 20.2 Å². The molecule has 248 valence electrons. The van der Waals surface area contributed by atoms with Crippen LogP contribution in [0.15, 0.2) is 73.8 Å². The van der Waals surface area contributed by atoms with Crippen molar-refractivity contribution in [2.45, 2.75) is 77.7 Å². The van der Waals surface area contributed by atoms with Gasteiger partial charge in [0.1, 0.15) is 5.78 Å². The highest BCUT2D eigenvalue weighted by atomic mass is 16.5. The van der Waals surface area contributed by atoms with Crippen LogP contribution in [0.3, 0.4) is 0 Å². The van der Waals surface area contributed by atoms with Gasteiger partial charge < -0.3 is 39.3 Å². The summed E-state index contributed by atoms with van der Waals surface area (Å²) in [7, 11) is -1.74. The molecule has 4 heterocycles. The molecule has 0 bridgehead atoms. The van der Waals surface area contributed by atoms with Crippen LogP contribution in [0.4, 0.5) is 0 Å². The Hall–Kier alpha value is -4.07. The van der Waals surface area contributed by atoms with Gasteiger partial charge in [-0.3, -0.25) is 9.59 Å². The number of carboxylic acids is 1. The Bertz CT molecular complexity index is 1540. The molecule has 47 heavy (non-hydrogen) atoms. The molecule has 0 atom stereocenters. The first-order valence-corrected chi connectivity index (χ1v) is 16.0. The largest absolute Gasteiger partial charge is 0.492 e. The van der Waals surface area contributed by atoms with Crippen molar-refractivity contribution in [1.29, 1.82) is 0 Å². The molecule has 4 aromatic rings. The predicted octanol–water partition coefficient (Wildman–Crippen LogP) is 1.63. The number of aliphatic carboxylic acids is 1. The average molecular weight is 643 g/mol. The van der Waals surface area contributed by atoms with Gasteiger partial charge in [0, 0.05) is 57.1 Å². The molecule has 0 aliphatic carbocycles. The number of fused-ring (bicyclic) bond motifs is 2. The van der Waals surface area contributed by atoms with Crippen molar-refractivity contribution >= 4 is 36.9 Å². The molecule has 6 rings (SSSR count). The monoisotopic (exact) mass is 643 g/mol. The summed E-state index contributed by atoms with van der Waals surface area (Å²) in [5.41, 5.74) is 10.8. The van der Waals surface area contributed by atoms with Crippen LogP contribution in [-0.4, -0.2) is 66.8 Å². The molecule has 2 aliphatic rings. The smallest absolute Gasteiger partial charge is 0.481 e. The van der Waals surface area contributed by atoms with E-state index in [1.807, 2.05) is 57.9 Å². The Balaban J connectivity index is 0.000000178. The minimum atomic E-state index is -0.898. The maximum Gasteiger partial charge on any atom is 0.492 e. The van der Waals surface area contributed by atoms with E-state index < -0.39 is 20.2 Å². The second kappa shape index (κ2) is 18.9. The minimum absolute atomic E-state index is 0.0726. The van der Waals surface area contributed by atoms with Crippen LogP contribution in [0, 0.1) is 0 Å². The first-order chi connectivity index (χ1) is 22.9. The Morgan fingerprint density at radius 1 is 0.766 bits per heavy atom. The third kappa shape index (κ3) is 11.3. The molecule has 0 radical (unpaired) electrons. The average Bonchev–Trinajstić information content (AvgIpc) is 3.91. The predicted molar refractivity (Wildman–Crippen MR) is 179 cm³/mol. The number of Topliss-reactive ketones (excluding diaryl/α,β-unsaturated/α-hetero) is 1. The fourth-order valence-corrected chi connectivity index (χ4v) is 5.53. The first kappa shape index (κ1) is 35.8. The van der Waals surface area contributed by atoms with E-state index in [0.717, 1.165) is 72.1 Å². The zero-order chi connectivity index (χ0) is 33.4. The summed E-state index contributed by atoms with van der Waals surface area (Å²) >= 11 is 0. The van der Waals surface area contributed by atoms with Crippen molar-refractivity contribution in [2.75, 3.05) is 6.54 Å². The SMILES string of the molecule is NCCCn1ccnc1.O=C(CCCCn1ccnc1)CCc1cccc2c1B(O)OC2.O=C(O)CCc1cccc2c1B(O)OC2. The first-order valence-electron chi connectivity index (χ1n) is 16.0. The Morgan fingerprint density at radius 2 is 1.30 bits per heavy atom. The third-order valence-electron chi connectivity index (χ3n) is 8.00. The number of hydrogen-bond acceptors (Lipinski definition) is 9. The number of benzene rings is 2. The summed E-state index contributed by atoms with van der Waals surface area (Å²) in [5, 5.41) is 28.0. The van der Waals surface area contributed by atoms with Crippen molar-refractivity contribution in [3.8, 4) is 0 Å². The number of rotatable bonds is 14. The normalized spacial score (nSPS) is 12.9. The molecule has 14 heteroatoms. The van der Waals surface area contributed by atoms with E-state index in [2.05, 4.69) is 9.97 Å². The fraction of sp³-hybridized carbons (Fsp3) is 0.394. The summed E-state index contributed by atoms with van der Waals surface area (Å²) in [5.74, 6) is -0.553. The Labute approximate surface area is 275 Å². The summed E-state index contributed by atoms with van der Waals surface area (Å²) in [6.45, 7) is 3.49. The molecule has 0 amide bonds. The molecular formula is C33H43B2N5O7. The van der Waals surface area contributed by atoms with Crippen LogP contribution in [0.25, 0.3) is 0 Å². The van der Waals surface area contributed by atoms with Crippen LogP contribution in [-0.2, 0) is 58.0 Å². The second-order valence-corrected chi connectivity index (χ2v) is 11.4. The van der Waals surface area contributed by atoms with Crippen LogP contribution in [0.1, 0.15) is 60.8 Å². The van der Waals surface area contributed by atoms with Gasteiger partial charge in [-0.2, -0.15) is 0 Å². The quantitative estimate of drug-likeness (QED) is 0.117. The van der Waals surface area contributed by atoms with Gasteiger partial charge in [-0.15, -0.1) is 0 Å². The molecule has 2 aliphatic heterocycles. The number of ketones is 1. The number of unbranched alkanes of at least 4 members (excludes halogenated alkanes) is 1. The Morgan fingerprint density at radius 3 is 1.79 bits per heavy atom. The minimum Gasteiger partial charge on any atom is -0.481 e. The number of aryl methyl sites for hydroxylation is 4. The van der Waals surface area contributed by atoms with Gasteiger partial charge in [0.2, 0.25) is 0 Å². The lowest BCUT2D eigenvalue weighted by atomic mass is 9.75. The number of imidazole rings is 2. The second-order valence-electron chi connectivity index (χ2n) is 11.4. The number of nitrogens with two attached hydrogens (primary N) is 1. The maximum absolute atomic E-state index is 12.0. The van der Waals surface area contributed by atoms with Crippen molar-refractivity contribution in [2.24, 2.45) is 5.73 Å². The lowest BCUT2D eigenvalue weighted by Gasteiger charge is -2.08. The highest BCUT2D eigenvalue weighted by Gasteiger charge is 2.30. The van der Waals surface area contributed by atoms with E-state index in [4.69, 9.17) is 20.1 Å². The van der Waals surface area contributed by atoms with Gasteiger partial charge in [0.15, 0.2) is 0 Å². The number of aromatic nitrogens is 4. The maximum atomic E-state index is 12.0. The molecule has 12 nitrogen and oxygen atoms in total. The highest BCUT2D eigenvalue weighted by Crippen LogP contribution is 2.15. The molecule has 2 aromatic heterocycles. The molecule has 5 N–H and O–H groups in total. The fourth-order valence-electron chi connectivity index (χ4n) is 5.53. The van der Waals surface area contributed by atoms with Gasteiger partial charge in [0.05, 0.1) is 25.9 Å². The number of nitrogens with zero attached hydrogens (tertiary/aromatic N) is 4. The molecule has 2 aromatic carbocycles. The van der Waals surface area contributed by atoms with Crippen molar-refractivity contribution in [3.05, 3.63) is 96.1 Å². The zero-order valence-corrected chi connectivity index (χ0v) is 26.6. The van der Waals surface area contributed by atoms with Gasteiger partial charge in [-0.1, -0.05) is 36.4 Å². The molecular weight excluding hydrogens is 600 g/mol. The number of carboxylic acid groups (broad SMARTS) is 1. The van der Waals surface area contributed by atoms with Crippen LogP contribution >= 0.6 is 0 Å². The summed E-state index contributed by atoms with van der Waals surface area (Å²) in [6, 6.07) is 11.5. The van der Waals surface area contributed by atoms with Crippen LogP contribution < -0.4 is 16.7 Å². The summed E-state index contributed by atoms with van der Waals surface area (Å²) in [6.07, 6.45) is 16.2. The van der Waals surface area contributed by atoms with E-state index in [1.54, 1.807) is 25.0 Å². The van der Waals surface area contributed by atoms with E-state index in [1.165, 1.54) is 0 Å². The van der Waals surface area contributed by atoms with E-state index in [-0.39, 0.29) is 12.2 Å². The zero-order valence-electron chi connectivity index (χ0n) is 26.6. The third-order valence-corrected chi connectivity index (χ3v) is 8.00. The molecule has 0 saturated carbocycles.